The van der Waals surface area contributed by atoms with E-state index in [1.165, 1.54) is 16.7 Å². The molecule has 0 aliphatic rings. The summed E-state index contributed by atoms with van der Waals surface area (Å²) in [5.74, 6) is 1.64. The molecule has 0 saturated heterocycles. The van der Waals surface area contributed by atoms with Gasteiger partial charge >= 0.3 is 0 Å². The molecule has 346 valence electrons. The van der Waals surface area contributed by atoms with Crippen molar-refractivity contribution in [2.24, 2.45) is 0 Å². The van der Waals surface area contributed by atoms with Crippen LogP contribution in [0.25, 0.3) is 134 Å². The molecule has 0 aliphatic heterocycles. The Morgan fingerprint density at radius 1 is 0.257 bits per heavy atom. The van der Waals surface area contributed by atoms with E-state index in [1.54, 1.807) is 0 Å². The Hall–Kier alpha value is -10.1. The Morgan fingerprint density at radius 3 is 1.22 bits per heavy atom. The minimum absolute atomic E-state index is 0.683. The maximum absolute atomic E-state index is 5.33. The highest BCUT2D eigenvalue weighted by Gasteiger charge is 2.30. The average Bonchev–Trinajstić information content (AvgIpc) is 4.22. The maximum atomic E-state index is 5.33. The predicted octanol–water partition coefficient (Wildman–Crippen LogP) is 16.6. The molecule has 10 aromatic carbocycles. The minimum Gasteiger partial charge on any atom is -0.278 e. The summed E-state index contributed by atoms with van der Waals surface area (Å²) in [6, 6.07) is 91.5. The van der Waals surface area contributed by atoms with Crippen LogP contribution in [0.2, 0.25) is 0 Å². The topological polar surface area (TPSA) is 57.4 Å². The number of imidazole rings is 4. The molecule has 7 nitrogen and oxygen atoms in total. The maximum Gasteiger partial charge on any atom is 0.222 e. The molecular formula is C67H43N7. The highest BCUT2D eigenvalue weighted by Crippen LogP contribution is 2.56. The van der Waals surface area contributed by atoms with Crippen molar-refractivity contribution in [1.82, 2.24) is 32.9 Å². The molecule has 15 rings (SSSR count). The van der Waals surface area contributed by atoms with E-state index in [2.05, 4.69) is 267 Å². The van der Waals surface area contributed by atoms with Gasteiger partial charge in [-0.25, -0.2) is 9.97 Å². The lowest BCUT2D eigenvalue weighted by molar-refractivity contribution is 1.10. The van der Waals surface area contributed by atoms with Gasteiger partial charge in [-0.15, -0.1) is 0 Å². The third-order valence-corrected chi connectivity index (χ3v) is 14.6. The summed E-state index contributed by atoms with van der Waals surface area (Å²) in [4.78, 5) is 15.4. The van der Waals surface area contributed by atoms with Gasteiger partial charge in [-0.05, 0) is 133 Å². The van der Waals surface area contributed by atoms with Gasteiger partial charge in [-0.2, -0.15) is 4.98 Å². The zero-order valence-electron chi connectivity index (χ0n) is 40.0. The van der Waals surface area contributed by atoms with Crippen molar-refractivity contribution in [2.45, 2.75) is 0 Å². The van der Waals surface area contributed by atoms with E-state index in [1.807, 2.05) is 12.3 Å². The summed E-state index contributed by atoms with van der Waals surface area (Å²) >= 11 is 0. The highest BCUT2D eigenvalue weighted by atomic mass is 15.2. The molecule has 0 N–H and O–H groups in total. The van der Waals surface area contributed by atoms with Crippen LogP contribution < -0.4 is 0 Å². The van der Waals surface area contributed by atoms with Crippen LogP contribution in [-0.4, -0.2) is 32.9 Å². The van der Waals surface area contributed by atoms with Gasteiger partial charge < -0.3 is 0 Å². The van der Waals surface area contributed by atoms with Crippen molar-refractivity contribution in [1.29, 1.82) is 0 Å². The zero-order chi connectivity index (χ0) is 48.7. The van der Waals surface area contributed by atoms with Crippen LogP contribution in [0.4, 0.5) is 0 Å². The molecular weight excluding hydrogens is 903 g/mol. The fraction of sp³-hybridized carbons (Fsp3) is 0. The molecule has 0 aliphatic carbocycles. The monoisotopic (exact) mass is 945 g/mol. The number of aromatic nitrogens is 7. The fourth-order valence-corrected chi connectivity index (χ4v) is 11.6. The van der Waals surface area contributed by atoms with Crippen molar-refractivity contribution >= 4 is 55.8 Å². The highest BCUT2D eigenvalue weighted by molar-refractivity contribution is 6.15. The van der Waals surface area contributed by atoms with Crippen molar-refractivity contribution in [2.75, 3.05) is 0 Å². The van der Waals surface area contributed by atoms with E-state index < -0.39 is 0 Å². The molecule has 7 heteroatoms. The molecule has 5 aromatic heterocycles. The van der Waals surface area contributed by atoms with Crippen LogP contribution in [0.1, 0.15) is 0 Å². The normalized spacial score (nSPS) is 11.8. The van der Waals surface area contributed by atoms with E-state index in [-0.39, 0.29) is 0 Å². The molecule has 0 radical (unpaired) electrons. The van der Waals surface area contributed by atoms with Gasteiger partial charge in [-0.3, -0.25) is 17.9 Å². The Kier molecular flexibility index (Phi) is 9.43. The SMILES string of the molecule is c1ccc(-c2c(-c3ccccc3)c(-c3ccccc3)c(-c3cccc(-n4c5ccc(-n6c7ccccc7n7c8ccccc8nc67)cc5n5c6cccnc6nc45)c3)c(-c3ccccc3)c2-c2ccccc2)cc1. The van der Waals surface area contributed by atoms with Crippen molar-refractivity contribution in [3.8, 4) is 78.1 Å². The van der Waals surface area contributed by atoms with Gasteiger partial charge in [0.1, 0.15) is 0 Å². The standard InChI is InChI=1S/C67H43N7/c1-6-22-44(23-7-1)59-60(45-24-8-2-9-25-45)62(47-28-12-4-13-29-47)64(63(48-30-14-5-15-31-48)61(59)46-26-10-3-11-27-46)49-32-20-33-50(42-49)71-56-40-39-51(43-58(56)74-57-38-21-41-68-65(57)70-67(71)74)72-54-36-18-19-37-55(54)73-53-35-17-16-34-52(53)69-66(72)73/h1-43H. The summed E-state index contributed by atoms with van der Waals surface area (Å²) in [6.07, 6.45) is 1.82. The van der Waals surface area contributed by atoms with Crippen LogP contribution in [0, 0.1) is 0 Å². The van der Waals surface area contributed by atoms with Crippen LogP contribution >= 0.6 is 0 Å². The molecule has 0 fully saturated rings. The second kappa shape index (κ2) is 16.8. The fourth-order valence-electron chi connectivity index (χ4n) is 11.6. The number of para-hydroxylation sites is 4. The molecule has 0 unspecified atom stereocenters. The van der Waals surface area contributed by atoms with Gasteiger partial charge in [0.15, 0.2) is 5.65 Å². The van der Waals surface area contributed by atoms with Gasteiger partial charge in [0.2, 0.25) is 11.6 Å². The third kappa shape index (κ3) is 6.36. The van der Waals surface area contributed by atoms with Crippen molar-refractivity contribution < 1.29 is 0 Å². The Morgan fingerprint density at radius 2 is 0.662 bits per heavy atom. The third-order valence-electron chi connectivity index (χ3n) is 14.6. The van der Waals surface area contributed by atoms with Crippen LogP contribution in [0.15, 0.2) is 261 Å². The first-order valence-electron chi connectivity index (χ1n) is 25.0. The summed E-state index contributed by atoms with van der Waals surface area (Å²) in [5, 5.41) is 0. The number of hydrogen-bond acceptors (Lipinski definition) is 3. The van der Waals surface area contributed by atoms with Crippen LogP contribution in [0.5, 0.6) is 0 Å². The van der Waals surface area contributed by atoms with Crippen LogP contribution in [-0.2, 0) is 0 Å². The number of fused-ring (bicyclic) bond motifs is 10. The molecule has 0 spiro atoms. The van der Waals surface area contributed by atoms with E-state index in [9.17, 15) is 0 Å². The second-order valence-electron chi connectivity index (χ2n) is 18.8. The Labute approximate surface area is 425 Å². The molecule has 0 atom stereocenters. The van der Waals surface area contributed by atoms with Gasteiger partial charge in [0.25, 0.3) is 0 Å². The lowest BCUT2D eigenvalue weighted by Gasteiger charge is -2.29. The second-order valence-corrected chi connectivity index (χ2v) is 18.8. The van der Waals surface area contributed by atoms with Gasteiger partial charge in [0.05, 0.1) is 44.3 Å². The molecule has 15 aromatic rings. The number of benzene rings is 10. The molecule has 5 heterocycles. The summed E-state index contributed by atoms with van der Waals surface area (Å²) in [5.41, 5.74) is 23.6. The number of rotatable bonds is 8. The molecule has 0 amide bonds. The predicted molar refractivity (Wildman–Crippen MR) is 303 cm³/mol. The first-order chi connectivity index (χ1) is 36.8. The summed E-state index contributed by atoms with van der Waals surface area (Å²) < 4.78 is 9.11. The number of nitrogens with zero attached hydrogens (tertiary/aromatic N) is 7. The molecule has 0 bridgehead atoms. The Bertz CT molecular complexity index is 4520. The molecule has 0 saturated carbocycles. The van der Waals surface area contributed by atoms with Gasteiger partial charge in [-0.1, -0.05) is 188 Å². The largest absolute Gasteiger partial charge is 0.278 e. The summed E-state index contributed by atoms with van der Waals surface area (Å²) in [7, 11) is 0. The first kappa shape index (κ1) is 41.7. The smallest absolute Gasteiger partial charge is 0.222 e. The Balaban J connectivity index is 1.06. The van der Waals surface area contributed by atoms with Crippen molar-refractivity contribution in [3.63, 3.8) is 0 Å². The lowest BCUT2D eigenvalue weighted by Crippen LogP contribution is -2.03. The number of hydrogen-bond donors (Lipinski definition) is 0. The van der Waals surface area contributed by atoms with E-state index in [0.29, 0.717) is 5.65 Å². The first-order valence-corrected chi connectivity index (χ1v) is 25.0. The summed E-state index contributed by atoms with van der Waals surface area (Å²) in [6.45, 7) is 0. The molecule has 74 heavy (non-hydrogen) atoms. The zero-order valence-corrected chi connectivity index (χ0v) is 40.0. The minimum atomic E-state index is 0.683. The lowest BCUT2D eigenvalue weighted by atomic mass is 9.74. The quantitative estimate of drug-likeness (QED) is 0.152. The average molecular weight is 946 g/mol. The number of pyridine rings is 1. The van der Waals surface area contributed by atoms with Gasteiger partial charge in [0, 0.05) is 11.9 Å². The van der Waals surface area contributed by atoms with E-state index >= 15 is 0 Å². The van der Waals surface area contributed by atoms with E-state index in [4.69, 9.17) is 15.0 Å². The van der Waals surface area contributed by atoms with E-state index in [0.717, 1.165) is 112 Å². The van der Waals surface area contributed by atoms with Crippen LogP contribution in [0.3, 0.4) is 0 Å². The van der Waals surface area contributed by atoms with Crippen molar-refractivity contribution in [3.05, 3.63) is 261 Å².